The quantitative estimate of drug-likeness (QED) is 0.733. The van der Waals surface area contributed by atoms with E-state index in [-0.39, 0.29) is 12.5 Å². The number of hydrogen-bond acceptors (Lipinski definition) is 5. The lowest BCUT2D eigenvalue weighted by Gasteiger charge is -2.30. The lowest BCUT2D eigenvalue weighted by molar-refractivity contribution is -0.125. The fourth-order valence-corrected chi connectivity index (χ4v) is 4.06. The number of fused-ring (bicyclic) bond motifs is 2. The number of nitrogens with zero attached hydrogens (tertiary/aromatic N) is 2. The SMILES string of the molecule is O=C(Nc1ccc(N2CCCCC2)c2ccncc12)[C@H]1COc2ccccc2O1. The van der Waals surface area contributed by atoms with Crippen molar-refractivity contribution in [2.45, 2.75) is 25.4 Å². The first-order chi connectivity index (χ1) is 14.3. The third kappa shape index (κ3) is 3.46. The molecule has 6 nitrogen and oxygen atoms in total. The van der Waals surface area contributed by atoms with Gasteiger partial charge in [-0.15, -0.1) is 0 Å². The minimum atomic E-state index is -0.696. The van der Waals surface area contributed by atoms with E-state index in [4.69, 9.17) is 9.47 Å². The number of nitrogens with one attached hydrogen (secondary N) is 1. The molecule has 0 saturated carbocycles. The Hall–Kier alpha value is -3.28. The number of amides is 1. The summed E-state index contributed by atoms with van der Waals surface area (Å²) in [7, 11) is 0. The molecule has 0 aliphatic carbocycles. The largest absolute Gasteiger partial charge is 0.485 e. The molecule has 1 fully saturated rings. The Kier molecular flexibility index (Phi) is 4.68. The van der Waals surface area contributed by atoms with Gasteiger partial charge in [0.15, 0.2) is 11.5 Å². The summed E-state index contributed by atoms with van der Waals surface area (Å²) in [4.78, 5) is 19.6. The molecule has 1 saturated heterocycles. The molecule has 2 aromatic carbocycles. The van der Waals surface area contributed by atoms with Crippen LogP contribution in [0.3, 0.4) is 0 Å². The van der Waals surface area contributed by atoms with Gasteiger partial charge in [0.05, 0.1) is 5.69 Å². The number of carbonyl (C=O) groups is 1. The standard InChI is InChI=1S/C23H23N3O3/c27-23(22-15-28-20-6-2-3-7-21(20)29-22)25-18-8-9-19(26-12-4-1-5-13-26)16-10-11-24-14-17(16)18/h2-3,6-11,14,22H,1,4-5,12-13,15H2,(H,25,27)/t22-/m1/s1. The Labute approximate surface area is 169 Å². The van der Waals surface area contributed by atoms with Gasteiger partial charge < -0.3 is 19.7 Å². The first-order valence-corrected chi connectivity index (χ1v) is 10.1. The average Bonchev–Trinajstić information content (AvgIpc) is 2.79. The molecule has 5 rings (SSSR count). The molecule has 29 heavy (non-hydrogen) atoms. The summed E-state index contributed by atoms with van der Waals surface area (Å²) < 4.78 is 11.5. The predicted octanol–water partition coefficient (Wildman–Crippen LogP) is 4.00. The minimum absolute atomic E-state index is 0.185. The number of aromatic nitrogens is 1. The first-order valence-electron chi connectivity index (χ1n) is 10.1. The zero-order chi connectivity index (χ0) is 19.6. The van der Waals surface area contributed by atoms with Crippen molar-refractivity contribution >= 4 is 28.1 Å². The molecule has 0 unspecified atom stereocenters. The van der Waals surface area contributed by atoms with Gasteiger partial charge in [-0.05, 0) is 49.6 Å². The first kappa shape index (κ1) is 17.8. The van der Waals surface area contributed by atoms with Crippen molar-refractivity contribution in [2.75, 3.05) is 29.9 Å². The summed E-state index contributed by atoms with van der Waals surface area (Å²) in [6.07, 6.45) is 6.63. The van der Waals surface area contributed by atoms with E-state index < -0.39 is 6.10 Å². The molecule has 2 aliphatic heterocycles. The van der Waals surface area contributed by atoms with E-state index in [1.54, 1.807) is 6.20 Å². The predicted molar refractivity (Wildman–Crippen MR) is 113 cm³/mol. The number of para-hydroxylation sites is 2. The van der Waals surface area contributed by atoms with Crippen molar-refractivity contribution in [3.05, 3.63) is 54.9 Å². The molecule has 3 aromatic rings. The molecule has 0 bridgehead atoms. The number of benzene rings is 2. The summed E-state index contributed by atoms with van der Waals surface area (Å²) in [5.74, 6) is 1.03. The van der Waals surface area contributed by atoms with Crippen molar-refractivity contribution in [3.8, 4) is 11.5 Å². The van der Waals surface area contributed by atoms with Crippen molar-refractivity contribution in [1.29, 1.82) is 0 Å². The van der Waals surface area contributed by atoms with Gasteiger partial charge in [-0.25, -0.2) is 0 Å². The molecule has 1 atom stereocenters. The van der Waals surface area contributed by atoms with E-state index in [0.29, 0.717) is 11.5 Å². The maximum absolute atomic E-state index is 12.9. The van der Waals surface area contributed by atoms with Gasteiger partial charge >= 0.3 is 0 Å². The molecular weight excluding hydrogens is 366 g/mol. The third-order valence-corrected chi connectivity index (χ3v) is 5.55. The van der Waals surface area contributed by atoms with Crippen molar-refractivity contribution < 1.29 is 14.3 Å². The number of ether oxygens (including phenoxy) is 2. The van der Waals surface area contributed by atoms with Gasteiger partial charge in [0.2, 0.25) is 6.10 Å². The number of carbonyl (C=O) groups excluding carboxylic acids is 1. The Morgan fingerprint density at radius 3 is 2.69 bits per heavy atom. The number of piperidine rings is 1. The van der Waals surface area contributed by atoms with Crippen LogP contribution in [0.15, 0.2) is 54.9 Å². The fourth-order valence-electron chi connectivity index (χ4n) is 4.06. The van der Waals surface area contributed by atoms with Crippen LogP contribution in [-0.2, 0) is 4.79 Å². The maximum Gasteiger partial charge on any atom is 0.269 e. The summed E-state index contributed by atoms with van der Waals surface area (Å²) >= 11 is 0. The van der Waals surface area contributed by atoms with Crippen molar-refractivity contribution in [3.63, 3.8) is 0 Å². The molecule has 0 radical (unpaired) electrons. The molecule has 6 heteroatoms. The smallest absolute Gasteiger partial charge is 0.269 e. The topological polar surface area (TPSA) is 63.7 Å². The van der Waals surface area contributed by atoms with Crippen LogP contribution in [0.1, 0.15) is 19.3 Å². The van der Waals surface area contributed by atoms with Crippen LogP contribution >= 0.6 is 0 Å². The van der Waals surface area contributed by atoms with Crippen LogP contribution in [0.2, 0.25) is 0 Å². The summed E-state index contributed by atoms with van der Waals surface area (Å²) in [5.41, 5.74) is 1.94. The molecule has 148 valence electrons. The van der Waals surface area contributed by atoms with Crippen molar-refractivity contribution in [1.82, 2.24) is 4.98 Å². The van der Waals surface area contributed by atoms with Crippen LogP contribution in [-0.4, -0.2) is 36.7 Å². The monoisotopic (exact) mass is 389 g/mol. The second-order valence-corrected chi connectivity index (χ2v) is 7.45. The highest BCUT2D eigenvalue weighted by atomic mass is 16.6. The van der Waals surface area contributed by atoms with Gasteiger partial charge in [-0.2, -0.15) is 0 Å². The molecule has 1 N–H and O–H groups in total. The molecular formula is C23H23N3O3. The Balaban J connectivity index is 1.40. The number of rotatable bonds is 3. The van der Waals surface area contributed by atoms with E-state index in [1.807, 2.05) is 42.6 Å². The Morgan fingerprint density at radius 2 is 1.83 bits per heavy atom. The number of anilines is 2. The molecule has 2 aliphatic rings. The van der Waals surface area contributed by atoms with Crippen LogP contribution < -0.4 is 19.7 Å². The van der Waals surface area contributed by atoms with E-state index in [0.717, 1.165) is 29.5 Å². The van der Waals surface area contributed by atoms with Crippen LogP contribution in [0.5, 0.6) is 11.5 Å². The Morgan fingerprint density at radius 1 is 1.00 bits per heavy atom. The highest BCUT2D eigenvalue weighted by Gasteiger charge is 2.28. The molecule has 3 heterocycles. The van der Waals surface area contributed by atoms with E-state index in [9.17, 15) is 4.79 Å². The minimum Gasteiger partial charge on any atom is -0.485 e. The summed E-state index contributed by atoms with van der Waals surface area (Å²) in [6, 6.07) is 13.5. The van der Waals surface area contributed by atoms with Gasteiger partial charge in [0, 0.05) is 41.9 Å². The molecule has 0 spiro atoms. The Bertz CT molecular complexity index is 1050. The van der Waals surface area contributed by atoms with E-state index >= 15 is 0 Å². The van der Waals surface area contributed by atoms with Crippen molar-refractivity contribution in [2.24, 2.45) is 0 Å². The van der Waals surface area contributed by atoms with Gasteiger partial charge in [-0.3, -0.25) is 9.78 Å². The van der Waals surface area contributed by atoms with Gasteiger partial charge in [0.1, 0.15) is 6.61 Å². The zero-order valence-corrected chi connectivity index (χ0v) is 16.1. The summed E-state index contributed by atoms with van der Waals surface area (Å²) in [5, 5.41) is 5.05. The van der Waals surface area contributed by atoms with Crippen LogP contribution in [0.4, 0.5) is 11.4 Å². The average molecular weight is 389 g/mol. The molecule has 1 aromatic heterocycles. The van der Waals surface area contributed by atoms with E-state index in [2.05, 4.69) is 21.3 Å². The van der Waals surface area contributed by atoms with Gasteiger partial charge in [0.25, 0.3) is 5.91 Å². The highest BCUT2D eigenvalue weighted by Crippen LogP contribution is 2.34. The lowest BCUT2D eigenvalue weighted by Crippen LogP contribution is -2.40. The normalized spacial score (nSPS) is 18.5. The molecule has 1 amide bonds. The van der Waals surface area contributed by atoms with Gasteiger partial charge in [-0.1, -0.05) is 12.1 Å². The third-order valence-electron chi connectivity index (χ3n) is 5.55. The zero-order valence-electron chi connectivity index (χ0n) is 16.1. The second kappa shape index (κ2) is 7.62. The lowest BCUT2D eigenvalue weighted by atomic mass is 10.0. The highest BCUT2D eigenvalue weighted by molar-refractivity contribution is 6.07. The van der Waals surface area contributed by atoms with Crippen LogP contribution in [0, 0.1) is 0 Å². The fraction of sp³-hybridized carbons (Fsp3) is 0.304. The maximum atomic E-state index is 12.9. The summed E-state index contributed by atoms with van der Waals surface area (Å²) in [6.45, 7) is 2.32. The van der Waals surface area contributed by atoms with E-state index in [1.165, 1.54) is 24.9 Å². The second-order valence-electron chi connectivity index (χ2n) is 7.45. The number of hydrogen-bond donors (Lipinski definition) is 1. The van der Waals surface area contributed by atoms with Crippen LogP contribution in [0.25, 0.3) is 10.8 Å². The number of pyridine rings is 1.